The van der Waals surface area contributed by atoms with Crippen molar-refractivity contribution in [2.75, 3.05) is 0 Å². The first-order valence-corrected chi connectivity index (χ1v) is 6.15. The molecule has 0 aliphatic rings. The number of alkyl halides is 3. The molecular weight excluding hydrogens is 271 g/mol. The molecule has 1 N–H and O–H groups in total. The number of aryl methyl sites for hydroxylation is 1. The van der Waals surface area contributed by atoms with Crippen LogP contribution in [0.4, 0.5) is 13.2 Å². The zero-order valence-electron chi connectivity index (χ0n) is 10.8. The molecule has 20 heavy (non-hydrogen) atoms. The average Bonchev–Trinajstić information content (AvgIpc) is 2.86. The van der Waals surface area contributed by atoms with Crippen LogP contribution in [0.25, 0.3) is 0 Å². The minimum absolute atomic E-state index is 0.268. The molecule has 2 heterocycles. The van der Waals surface area contributed by atoms with Crippen molar-refractivity contribution in [1.82, 2.24) is 14.8 Å². The standard InChI is InChI=1S/C13H14F3N3O/c1-2-5-19-8-9(6-18-19)12(20)10-7-17-4-3-11(10)13(14,15)16/h3-4,6-8,12,20H,2,5H2,1H3. The van der Waals surface area contributed by atoms with Crippen molar-refractivity contribution in [3.05, 3.63) is 47.5 Å². The molecule has 0 bridgehead atoms. The maximum absolute atomic E-state index is 12.9. The van der Waals surface area contributed by atoms with E-state index in [4.69, 9.17) is 0 Å². The lowest BCUT2D eigenvalue weighted by molar-refractivity contribution is -0.139. The molecule has 0 aliphatic heterocycles. The largest absolute Gasteiger partial charge is 0.416 e. The zero-order valence-corrected chi connectivity index (χ0v) is 10.8. The molecule has 4 nitrogen and oxygen atoms in total. The van der Waals surface area contributed by atoms with Gasteiger partial charge in [-0.3, -0.25) is 9.67 Å². The highest BCUT2D eigenvalue weighted by molar-refractivity contribution is 5.33. The molecule has 7 heteroatoms. The lowest BCUT2D eigenvalue weighted by Crippen LogP contribution is -2.13. The number of halogens is 3. The summed E-state index contributed by atoms with van der Waals surface area (Å²) < 4.78 is 40.3. The van der Waals surface area contributed by atoms with Crippen LogP contribution in [0.5, 0.6) is 0 Å². The first-order chi connectivity index (χ1) is 9.43. The summed E-state index contributed by atoms with van der Waals surface area (Å²) in [4.78, 5) is 3.66. The summed E-state index contributed by atoms with van der Waals surface area (Å²) in [5, 5.41) is 14.1. The van der Waals surface area contributed by atoms with Gasteiger partial charge in [-0.1, -0.05) is 6.92 Å². The number of aliphatic hydroxyl groups excluding tert-OH is 1. The van der Waals surface area contributed by atoms with Gasteiger partial charge in [-0.15, -0.1) is 0 Å². The van der Waals surface area contributed by atoms with E-state index >= 15 is 0 Å². The summed E-state index contributed by atoms with van der Waals surface area (Å²) in [6, 6.07) is 0.856. The van der Waals surface area contributed by atoms with Gasteiger partial charge in [0.1, 0.15) is 6.10 Å². The molecule has 0 spiro atoms. The Kier molecular flexibility index (Phi) is 4.08. The Morgan fingerprint density at radius 3 is 2.75 bits per heavy atom. The third-order valence-corrected chi connectivity index (χ3v) is 2.87. The summed E-state index contributed by atoms with van der Waals surface area (Å²) in [5.74, 6) is 0. The van der Waals surface area contributed by atoms with E-state index in [9.17, 15) is 18.3 Å². The van der Waals surface area contributed by atoms with Gasteiger partial charge in [-0.05, 0) is 12.5 Å². The van der Waals surface area contributed by atoms with Gasteiger partial charge in [0.2, 0.25) is 0 Å². The fourth-order valence-electron chi connectivity index (χ4n) is 1.93. The smallest absolute Gasteiger partial charge is 0.383 e. The van der Waals surface area contributed by atoms with Crippen molar-refractivity contribution in [3.8, 4) is 0 Å². The number of rotatable bonds is 4. The molecule has 0 saturated heterocycles. The molecule has 0 saturated carbocycles. The van der Waals surface area contributed by atoms with E-state index in [2.05, 4.69) is 10.1 Å². The van der Waals surface area contributed by atoms with Crippen molar-refractivity contribution < 1.29 is 18.3 Å². The van der Waals surface area contributed by atoms with Gasteiger partial charge in [0.15, 0.2) is 0 Å². The van der Waals surface area contributed by atoms with Crippen molar-refractivity contribution >= 4 is 0 Å². The van der Waals surface area contributed by atoms with Gasteiger partial charge in [0, 0.05) is 36.3 Å². The first-order valence-electron chi connectivity index (χ1n) is 6.15. The van der Waals surface area contributed by atoms with Gasteiger partial charge >= 0.3 is 6.18 Å². The number of hydrogen-bond acceptors (Lipinski definition) is 3. The topological polar surface area (TPSA) is 50.9 Å². The van der Waals surface area contributed by atoms with Crippen LogP contribution in [0.15, 0.2) is 30.9 Å². The third-order valence-electron chi connectivity index (χ3n) is 2.87. The maximum Gasteiger partial charge on any atom is 0.416 e. The second kappa shape index (κ2) is 5.62. The Bertz CT molecular complexity index is 580. The monoisotopic (exact) mass is 285 g/mol. The molecule has 108 valence electrons. The molecule has 2 aromatic rings. The van der Waals surface area contributed by atoms with Gasteiger partial charge in [0.25, 0.3) is 0 Å². The lowest BCUT2D eigenvalue weighted by atomic mass is 10.0. The van der Waals surface area contributed by atoms with Crippen LogP contribution in [0, 0.1) is 0 Å². The number of hydrogen-bond donors (Lipinski definition) is 1. The highest BCUT2D eigenvalue weighted by atomic mass is 19.4. The zero-order chi connectivity index (χ0) is 14.8. The van der Waals surface area contributed by atoms with E-state index < -0.39 is 17.8 Å². The average molecular weight is 285 g/mol. The second-order valence-corrected chi connectivity index (χ2v) is 4.40. The van der Waals surface area contributed by atoms with Crippen LogP contribution in [0.2, 0.25) is 0 Å². The van der Waals surface area contributed by atoms with Crippen molar-refractivity contribution in [1.29, 1.82) is 0 Å². The van der Waals surface area contributed by atoms with Gasteiger partial charge in [-0.25, -0.2) is 0 Å². The number of pyridine rings is 1. The van der Waals surface area contributed by atoms with Crippen molar-refractivity contribution in [2.24, 2.45) is 0 Å². The first kappa shape index (κ1) is 14.5. The fourth-order valence-corrected chi connectivity index (χ4v) is 1.93. The second-order valence-electron chi connectivity index (χ2n) is 4.40. The summed E-state index contributed by atoms with van der Waals surface area (Å²) in [6.45, 7) is 2.60. The van der Waals surface area contributed by atoms with Crippen LogP contribution in [0.3, 0.4) is 0 Å². The minimum Gasteiger partial charge on any atom is -0.383 e. The Morgan fingerprint density at radius 2 is 2.10 bits per heavy atom. The Balaban J connectivity index is 2.35. The molecule has 0 fully saturated rings. The molecular formula is C13H14F3N3O. The van der Waals surface area contributed by atoms with Gasteiger partial charge in [0.05, 0.1) is 11.8 Å². The minimum atomic E-state index is -4.53. The quantitative estimate of drug-likeness (QED) is 0.939. The van der Waals surface area contributed by atoms with Crippen LogP contribution in [0.1, 0.15) is 36.1 Å². The summed E-state index contributed by atoms with van der Waals surface area (Å²) >= 11 is 0. The van der Waals surface area contributed by atoms with Crippen molar-refractivity contribution in [2.45, 2.75) is 32.2 Å². The highest BCUT2D eigenvalue weighted by Gasteiger charge is 2.35. The Morgan fingerprint density at radius 1 is 1.35 bits per heavy atom. The number of aromatic nitrogens is 3. The molecule has 2 rings (SSSR count). The van der Waals surface area contributed by atoms with E-state index in [1.807, 2.05) is 6.92 Å². The molecule has 0 amide bonds. The normalized spacial score (nSPS) is 13.4. The Labute approximate surface area is 113 Å². The number of aliphatic hydroxyl groups is 1. The van der Waals surface area contributed by atoms with Crippen LogP contribution >= 0.6 is 0 Å². The number of nitrogens with zero attached hydrogens (tertiary/aromatic N) is 3. The third kappa shape index (κ3) is 2.98. The van der Waals surface area contributed by atoms with E-state index in [-0.39, 0.29) is 5.56 Å². The Hall–Kier alpha value is -1.89. The predicted octanol–water partition coefficient (Wildman–Crippen LogP) is 2.79. The van der Waals surface area contributed by atoms with Crippen molar-refractivity contribution in [3.63, 3.8) is 0 Å². The van der Waals surface area contributed by atoms with Gasteiger partial charge in [-0.2, -0.15) is 18.3 Å². The summed E-state index contributed by atoms with van der Waals surface area (Å²) in [5.41, 5.74) is -0.837. The highest BCUT2D eigenvalue weighted by Crippen LogP contribution is 2.35. The molecule has 0 aromatic carbocycles. The maximum atomic E-state index is 12.9. The molecule has 1 unspecified atom stereocenters. The molecule has 0 aliphatic carbocycles. The predicted molar refractivity (Wildman–Crippen MR) is 65.8 cm³/mol. The molecule has 0 radical (unpaired) electrons. The summed E-state index contributed by atoms with van der Waals surface area (Å²) in [6.07, 6.45) is -0.0822. The van der Waals surface area contributed by atoms with E-state index in [1.165, 1.54) is 6.20 Å². The van der Waals surface area contributed by atoms with E-state index in [0.717, 1.165) is 24.9 Å². The summed E-state index contributed by atoms with van der Waals surface area (Å²) in [7, 11) is 0. The van der Waals surface area contributed by atoms with Crippen LogP contribution < -0.4 is 0 Å². The van der Waals surface area contributed by atoms with Crippen LogP contribution in [-0.2, 0) is 12.7 Å². The van der Waals surface area contributed by atoms with Crippen LogP contribution in [-0.4, -0.2) is 19.9 Å². The van der Waals surface area contributed by atoms with Gasteiger partial charge < -0.3 is 5.11 Å². The fraction of sp³-hybridized carbons (Fsp3) is 0.385. The molecule has 1 atom stereocenters. The van der Waals surface area contributed by atoms with E-state index in [0.29, 0.717) is 12.1 Å². The SMILES string of the molecule is CCCn1cc(C(O)c2cnccc2C(F)(F)F)cn1. The molecule has 2 aromatic heterocycles. The lowest BCUT2D eigenvalue weighted by Gasteiger charge is -2.15. The van der Waals surface area contributed by atoms with E-state index in [1.54, 1.807) is 10.9 Å².